The van der Waals surface area contributed by atoms with Crippen LogP contribution in [0.4, 0.5) is 0 Å². The van der Waals surface area contributed by atoms with Crippen molar-refractivity contribution in [3.05, 3.63) is 24.2 Å². The number of aromatic nitrogens is 3. The minimum atomic E-state index is 0.190. The zero-order valence-electron chi connectivity index (χ0n) is 7.98. The average molecular weight is 226 g/mol. The van der Waals surface area contributed by atoms with Gasteiger partial charge in [-0.1, -0.05) is 5.16 Å². The number of halogens is 1. The van der Waals surface area contributed by atoms with Crippen molar-refractivity contribution in [3.8, 4) is 17.3 Å². The number of nitrogens with zero attached hydrogens (tertiary/aromatic N) is 3. The van der Waals surface area contributed by atoms with Gasteiger partial charge in [0.05, 0.1) is 12.7 Å². The van der Waals surface area contributed by atoms with Crippen molar-refractivity contribution in [1.29, 1.82) is 0 Å². The number of methoxy groups -OCH3 is 1. The molecule has 0 bridgehead atoms. The Bertz CT molecular complexity index is 458. The van der Waals surface area contributed by atoms with Crippen LogP contribution in [0, 0.1) is 0 Å². The Balaban J connectivity index is 2.44. The van der Waals surface area contributed by atoms with Crippen LogP contribution in [0.5, 0.6) is 5.88 Å². The van der Waals surface area contributed by atoms with Crippen LogP contribution < -0.4 is 4.74 Å². The lowest BCUT2D eigenvalue weighted by molar-refractivity contribution is 0.387. The molecule has 0 spiro atoms. The molecular formula is C9H8ClN3O2. The smallest absolute Gasteiger partial charge is 0.241 e. The Labute approximate surface area is 91.0 Å². The molecule has 2 rings (SSSR count). The highest BCUT2D eigenvalue weighted by Crippen LogP contribution is 2.24. The van der Waals surface area contributed by atoms with E-state index in [0.29, 0.717) is 23.2 Å². The minimum absolute atomic E-state index is 0.190. The summed E-state index contributed by atoms with van der Waals surface area (Å²) in [6.45, 7) is 0. The molecule has 0 atom stereocenters. The SMILES string of the molecule is COc1ncccc1-c1noc(CCl)n1. The normalized spacial score (nSPS) is 10.3. The highest BCUT2D eigenvalue weighted by atomic mass is 35.5. The second-order valence-corrected chi connectivity index (χ2v) is 2.97. The summed E-state index contributed by atoms with van der Waals surface area (Å²) in [5, 5.41) is 3.78. The van der Waals surface area contributed by atoms with Crippen LogP contribution in [0.1, 0.15) is 5.89 Å². The van der Waals surface area contributed by atoms with Crippen molar-refractivity contribution in [2.24, 2.45) is 0 Å². The van der Waals surface area contributed by atoms with Crippen molar-refractivity contribution < 1.29 is 9.26 Å². The Kier molecular flexibility index (Phi) is 2.82. The fraction of sp³-hybridized carbons (Fsp3) is 0.222. The van der Waals surface area contributed by atoms with Crippen LogP contribution in [0.2, 0.25) is 0 Å². The summed E-state index contributed by atoms with van der Waals surface area (Å²) in [4.78, 5) is 8.11. The summed E-state index contributed by atoms with van der Waals surface area (Å²) < 4.78 is 9.97. The van der Waals surface area contributed by atoms with Gasteiger partial charge in [-0.25, -0.2) is 4.98 Å². The average Bonchev–Trinajstić information content (AvgIpc) is 2.77. The molecule has 0 N–H and O–H groups in total. The Hall–Kier alpha value is -1.62. The number of hydrogen-bond acceptors (Lipinski definition) is 5. The van der Waals surface area contributed by atoms with Gasteiger partial charge in [-0.15, -0.1) is 11.6 Å². The molecule has 2 aromatic rings. The number of hydrogen-bond donors (Lipinski definition) is 0. The maximum atomic E-state index is 5.56. The van der Waals surface area contributed by atoms with Crippen molar-refractivity contribution in [2.45, 2.75) is 5.88 Å². The van der Waals surface area contributed by atoms with Crippen LogP contribution >= 0.6 is 11.6 Å². The van der Waals surface area contributed by atoms with E-state index in [-0.39, 0.29) is 5.88 Å². The zero-order chi connectivity index (χ0) is 10.7. The van der Waals surface area contributed by atoms with E-state index in [1.165, 1.54) is 7.11 Å². The summed E-state index contributed by atoms with van der Waals surface area (Å²) in [6, 6.07) is 3.57. The minimum Gasteiger partial charge on any atom is -0.480 e. The van der Waals surface area contributed by atoms with E-state index in [1.54, 1.807) is 18.3 Å². The summed E-state index contributed by atoms with van der Waals surface area (Å²) in [6.07, 6.45) is 1.63. The van der Waals surface area contributed by atoms with E-state index >= 15 is 0 Å². The lowest BCUT2D eigenvalue weighted by Crippen LogP contribution is -1.91. The van der Waals surface area contributed by atoms with Gasteiger partial charge in [0, 0.05) is 6.20 Å². The van der Waals surface area contributed by atoms with E-state index in [4.69, 9.17) is 20.9 Å². The third kappa shape index (κ3) is 1.92. The predicted molar refractivity (Wildman–Crippen MR) is 53.6 cm³/mol. The van der Waals surface area contributed by atoms with Gasteiger partial charge in [0.1, 0.15) is 5.88 Å². The van der Waals surface area contributed by atoms with Crippen LogP contribution in [0.3, 0.4) is 0 Å². The van der Waals surface area contributed by atoms with E-state index in [2.05, 4.69) is 15.1 Å². The molecule has 0 unspecified atom stereocenters. The molecule has 0 fully saturated rings. The van der Waals surface area contributed by atoms with Gasteiger partial charge >= 0.3 is 0 Å². The molecule has 0 saturated carbocycles. The highest BCUT2D eigenvalue weighted by Gasteiger charge is 2.12. The molecule has 0 amide bonds. The van der Waals surface area contributed by atoms with Gasteiger partial charge < -0.3 is 9.26 Å². The van der Waals surface area contributed by atoms with Crippen LogP contribution in [0.25, 0.3) is 11.4 Å². The van der Waals surface area contributed by atoms with Crippen LogP contribution in [-0.4, -0.2) is 22.2 Å². The maximum Gasteiger partial charge on any atom is 0.241 e. The fourth-order valence-corrected chi connectivity index (χ4v) is 1.25. The Morgan fingerprint density at radius 1 is 1.53 bits per heavy atom. The van der Waals surface area contributed by atoms with Gasteiger partial charge in [0.15, 0.2) is 0 Å². The first-order valence-electron chi connectivity index (χ1n) is 4.23. The van der Waals surface area contributed by atoms with E-state index in [9.17, 15) is 0 Å². The summed E-state index contributed by atoms with van der Waals surface area (Å²) in [7, 11) is 1.54. The first-order valence-corrected chi connectivity index (χ1v) is 4.76. The summed E-state index contributed by atoms with van der Waals surface area (Å²) in [5.41, 5.74) is 0.681. The van der Waals surface area contributed by atoms with Gasteiger partial charge in [0.2, 0.25) is 17.6 Å². The number of ether oxygens (including phenoxy) is 1. The van der Waals surface area contributed by atoms with Crippen molar-refractivity contribution in [3.63, 3.8) is 0 Å². The number of rotatable bonds is 3. The second-order valence-electron chi connectivity index (χ2n) is 2.71. The molecule has 0 radical (unpaired) electrons. The molecule has 5 nitrogen and oxygen atoms in total. The first kappa shape index (κ1) is 9.92. The molecule has 0 aliphatic heterocycles. The number of alkyl halides is 1. The molecule has 0 saturated heterocycles. The fourth-order valence-electron chi connectivity index (χ4n) is 1.14. The molecular weight excluding hydrogens is 218 g/mol. The molecule has 78 valence electrons. The van der Waals surface area contributed by atoms with Gasteiger partial charge in [-0.05, 0) is 12.1 Å². The van der Waals surface area contributed by atoms with Gasteiger partial charge in [0.25, 0.3) is 0 Å². The molecule has 0 aromatic carbocycles. The lowest BCUT2D eigenvalue weighted by Gasteiger charge is -2.01. The van der Waals surface area contributed by atoms with Crippen LogP contribution in [0.15, 0.2) is 22.9 Å². The third-order valence-corrected chi connectivity index (χ3v) is 2.02. The second kappa shape index (κ2) is 4.27. The third-order valence-electron chi connectivity index (χ3n) is 1.79. The summed E-state index contributed by atoms with van der Waals surface area (Å²) in [5.74, 6) is 1.45. The molecule has 6 heteroatoms. The zero-order valence-corrected chi connectivity index (χ0v) is 8.73. The van der Waals surface area contributed by atoms with E-state index in [1.807, 2.05) is 0 Å². The molecule has 15 heavy (non-hydrogen) atoms. The largest absolute Gasteiger partial charge is 0.480 e. The molecule has 0 aliphatic carbocycles. The van der Waals surface area contributed by atoms with E-state index < -0.39 is 0 Å². The number of pyridine rings is 1. The lowest BCUT2D eigenvalue weighted by atomic mass is 10.2. The molecule has 2 aromatic heterocycles. The van der Waals surface area contributed by atoms with Gasteiger partial charge in [-0.3, -0.25) is 0 Å². The maximum absolute atomic E-state index is 5.56. The topological polar surface area (TPSA) is 61.0 Å². The van der Waals surface area contributed by atoms with Crippen molar-refractivity contribution in [2.75, 3.05) is 7.11 Å². The highest BCUT2D eigenvalue weighted by molar-refractivity contribution is 6.16. The predicted octanol–water partition coefficient (Wildman–Crippen LogP) is 1.88. The molecule has 2 heterocycles. The first-order chi connectivity index (χ1) is 7.35. The standard InChI is InChI=1S/C9H8ClN3O2/c1-14-9-6(3-2-4-11-9)8-12-7(5-10)15-13-8/h2-4H,5H2,1H3. The Morgan fingerprint density at radius 2 is 2.40 bits per heavy atom. The summed E-state index contributed by atoms with van der Waals surface area (Å²) >= 11 is 5.56. The van der Waals surface area contributed by atoms with Crippen molar-refractivity contribution >= 4 is 11.6 Å². The quantitative estimate of drug-likeness (QED) is 0.747. The van der Waals surface area contributed by atoms with Gasteiger partial charge in [-0.2, -0.15) is 4.98 Å². The Morgan fingerprint density at radius 3 is 3.07 bits per heavy atom. The molecule has 0 aliphatic rings. The van der Waals surface area contributed by atoms with Crippen molar-refractivity contribution in [1.82, 2.24) is 15.1 Å². The monoisotopic (exact) mass is 225 g/mol. The van der Waals surface area contributed by atoms with Crippen LogP contribution in [-0.2, 0) is 5.88 Å². The van der Waals surface area contributed by atoms with E-state index in [0.717, 1.165) is 0 Å².